The Hall–Kier alpha value is -3.33. The molecule has 1 aromatic heterocycles. The average molecular weight is 445 g/mol. The number of hydrogen-bond acceptors (Lipinski definition) is 3. The van der Waals surface area contributed by atoms with E-state index in [1.54, 1.807) is 53.3 Å². The summed E-state index contributed by atoms with van der Waals surface area (Å²) in [6, 6.07) is 22.8. The highest BCUT2D eigenvalue weighted by molar-refractivity contribution is 6.92. The summed E-state index contributed by atoms with van der Waals surface area (Å²) >= 11 is 0. The second kappa shape index (κ2) is 8.90. The van der Waals surface area contributed by atoms with Crippen LogP contribution in [0.1, 0.15) is 0 Å². The van der Waals surface area contributed by atoms with E-state index in [1.807, 2.05) is 18.2 Å². The number of pyridine rings is 1. The van der Waals surface area contributed by atoms with Gasteiger partial charge in [0.05, 0.1) is 0 Å². The van der Waals surface area contributed by atoms with Gasteiger partial charge in [0.2, 0.25) is 0 Å². The smallest absolute Gasteiger partial charge is 0.542 e. The van der Waals surface area contributed by atoms with Gasteiger partial charge in [0.15, 0.2) is 0 Å². The second-order valence-corrected chi connectivity index (χ2v) is 7.72. The minimum atomic E-state index is -2.45. The molecule has 162 valence electrons. The normalized spacial score (nSPS) is 15.5. The van der Waals surface area contributed by atoms with Crippen molar-refractivity contribution < 1.29 is 31.4 Å². The summed E-state index contributed by atoms with van der Waals surface area (Å²) in [7, 11) is -1.90. The van der Waals surface area contributed by atoms with Crippen molar-refractivity contribution in [1.82, 2.24) is 0 Å². The number of nitrogens with zero attached hydrogens (tertiary/aromatic N) is 1. The molecule has 0 amide bonds. The molecular formula is C23H17B3F3NO3. The van der Waals surface area contributed by atoms with Crippen LogP contribution in [0, 0.1) is 17.5 Å². The van der Waals surface area contributed by atoms with Crippen molar-refractivity contribution >= 4 is 37.3 Å². The van der Waals surface area contributed by atoms with Gasteiger partial charge in [-0.05, 0) is 59.5 Å². The van der Waals surface area contributed by atoms with Crippen LogP contribution in [0.2, 0.25) is 0 Å². The zero-order chi connectivity index (χ0) is 22.8. The maximum atomic E-state index is 13.8. The van der Waals surface area contributed by atoms with Crippen LogP contribution in [0.25, 0.3) is 0 Å². The van der Waals surface area contributed by atoms with E-state index in [0.717, 1.165) is 0 Å². The van der Waals surface area contributed by atoms with Gasteiger partial charge in [0, 0.05) is 0 Å². The Bertz CT molecular complexity index is 1180. The van der Waals surface area contributed by atoms with Gasteiger partial charge < -0.3 is 18.2 Å². The quantitative estimate of drug-likeness (QED) is 0.451. The fraction of sp³-hybridized carbons (Fsp3) is 0. The SMILES string of the molecule is Fc1ccc(B2OB(c3ccc(F)cc3)O[B-](c3ccc(F)cc3)([n+]3ccccc3)O2)cc1. The van der Waals surface area contributed by atoms with E-state index < -0.39 is 38.4 Å². The first-order valence-electron chi connectivity index (χ1n) is 10.4. The molecule has 0 aliphatic carbocycles. The Morgan fingerprint density at radius 2 is 1.00 bits per heavy atom. The lowest BCUT2D eigenvalue weighted by Gasteiger charge is -2.45. The van der Waals surface area contributed by atoms with Crippen molar-refractivity contribution in [2.45, 2.75) is 0 Å². The predicted octanol–water partition coefficient (Wildman–Crippen LogP) is 1.94. The number of rotatable bonds is 4. The molecule has 2 heterocycles. The Morgan fingerprint density at radius 1 is 0.576 bits per heavy atom. The van der Waals surface area contributed by atoms with E-state index >= 15 is 0 Å². The lowest BCUT2D eigenvalue weighted by Crippen LogP contribution is -2.82. The molecule has 33 heavy (non-hydrogen) atoms. The van der Waals surface area contributed by atoms with Crippen LogP contribution in [-0.2, 0) is 13.7 Å². The van der Waals surface area contributed by atoms with Gasteiger partial charge in [-0.1, -0.05) is 47.9 Å². The van der Waals surface area contributed by atoms with Crippen LogP contribution in [0.15, 0.2) is 103 Å². The minimum absolute atomic E-state index is 0.395. The van der Waals surface area contributed by atoms with Crippen molar-refractivity contribution in [3.05, 3.63) is 121 Å². The first kappa shape index (κ1) is 21.5. The number of halogens is 3. The molecule has 4 nitrogen and oxygen atoms in total. The van der Waals surface area contributed by atoms with Gasteiger partial charge in [-0.15, -0.1) is 0 Å². The van der Waals surface area contributed by atoms with Gasteiger partial charge in [0.1, 0.15) is 29.8 Å². The first-order chi connectivity index (χ1) is 16.0. The largest absolute Gasteiger partial charge is 0.551 e. The average Bonchev–Trinajstić information content (AvgIpc) is 2.85. The molecule has 1 saturated heterocycles. The molecule has 1 aliphatic rings. The topological polar surface area (TPSA) is 31.6 Å². The molecule has 0 unspecified atom stereocenters. The summed E-state index contributed by atoms with van der Waals surface area (Å²) in [5.74, 6) is -1.19. The standard InChI is InChI=1S/C23H17B3F3NO3/c27-21-10-4-18(5-11-21)24-31-25(19-6-12-22(28)13-7-19)33-26(32-24,30-16-2-1-3-17-30)20-8-14-23(29)15-9-20/h1-17H. The summed E-state index contributed by atoms with van der Waals surface area (Å²) in [5, 5.41) is 0. The van der Waals surface area contributed by atoms with Crippen molar-refractivity contribution in [2.24, 2.45) is 0 Å². The Labute approximate surface area is 189 Å². The molecule has 1 aliphatic heterocycles. The summed E-state index contributed by atoms with van der Waals surface area (Å²) in [6.07, 6.45) is 3.55. The van der Waals surface area contributed by atoms with Gasteiger partial charge >= 0.3 is 20.9 Å². The van der Waals surface area contributed by atoms with Crippen LogP contribution < -0.4 is 20.9 Å². The van der Waals surface area contributed by atoms with E-state index in [9.17, 15) is 13.2 Å². The number of hydrogen-bond donors (Lipinski definition) is 0. The van der Waals surface area contributed by atoms with Crippen LogP contribution >= 0.6 is 0 Å². The minimum Gasteiger partial charge on any atom is -0.542 e. The first-order valence-corrected chi connectivity index (χ1v) is 10.4. The van der Waals surface area contributed by atoms with Crippen molar-refractivity contribution in [3.63, 3.8) is 0 Å². The third-order valence-corrected chi connectivity index (χ3v) is 5.57. The third-order valence-electron chi connectivity index (χ3n) is 5.57. The van der Waals surface area contributed by atoms with E-state index in [0.29, 0.717) is 16.4 Å². The van der Waals surface area contributed by atoms with Crippen molar-refractivity contribution in [3.8, 4) is 0 Å². The highest BCUT2D eigenvalue weighted by atomic mass is 19.1. The van der Waals surface area contributed by atoms with Gasteiger partial charge in [0.25, 0.3) is 0 Å². The molecule has 4 aromatic rings. The molecule has 0 spiro atoms. The van der Waals surface area contributed by atoms with Crippen molar-refractivity contribution in [1.29, 1.82) is 0 Å². The molecule has 0 atom stereocenters. The highest BCUT2D eigenvalue weighted by Gasteiger charge is 2.53. The lowest BCUT2D eigenvalue weighted by molar-refractivity contribution is -0.569. The molecular weight excluding hydrogens is 428 g/mol. The predicted molar refractivity (Wildman–Crippen MR) is 121 cm³/mol. The Morgan fingerprint density at radius 3 is 1.45 bits per heavy atom. The van der Waals surface area contributed by atoms with Crippen molar-refractivity contribution in [2.75, 3.05) is 0 Å². The molecule has 10 heteroatoms. The highest BCUT2D eigenvalue weighted by Crippen LogP contribution is 2.18. The maximum absolute atomic E-state index is 13.8. The Balaban J connectivity index is 1.67. The molecule has 0 saturated carbocycles. The lowest BCUT2D eigenvalue weighted by atomic mass is 9.53. The van der Waals surface area contributed by atoms with Gasteiger partial charge in [-0.3, -0.25) is 0 Å². The van der Waals surface area contributed by atoms with E-state index in [2.05, 4.69) is 0 Å². The maximum Gasteiger partial charge on any atom is 0.551 e. The summed E-state index contributed by atoms with van der Waals surface area (Å²) < 4.78 is 61.7. The molecule has 3 aromatic carbocycles. The number of aromatic nitrogens is 1. The van der Waals surface area contributed by atoms with E-state index in [-0.39, 0.29) is 0 Å². The monoisotopic (exact) mass is 445 g/mol. The molecule has 5 rings (SSSR count). The summed E-state index contributed by atoms with van der Waals surface area (Å²) in [4.78, 5) is 0. The second-order valence-electron chi connectivity index (χ2n) is 7.72. The van der Waals surface area contributed by atoms with Crippen LogP contribution in [0.3, 0.4) is 0 Å². The zero-order valence-corrected chi connectivity index (χ0v) is 17.4. The van der Waals surface area contributed by atoms with Crippen LogP contribution in [-0.4, -0.2) is 20.9 Å². The molecule has 0 bridgehead atoms. The van der Waals surface area contributed by atoms with Crippen LogP contribution in [0.5, 0.6) is 0 Å². The van der Waals surface area contributed by atoms with Crippen LogP contribution in [0.4, 0.5) is 13.2 Å². The van der Waals surface area contributed by atoms with E-state index in [1.165, 1.54) is 36.4 Å². The molecule has 1 fully saturated rings. The number of benzene rings is 3. The summed E-state index contributed by atoms with van der Waals surface area (Å²) in [5.41, 5.74) is 1.70. The molecule has 0 N–H and O–H groups in total. The fourth-order valence-corrected chi connectivity index (χ4v) is 3.91. The van der Waals surface area contributed by atoms with Gasteiger partial charge in [-0.25, -0.2) is 13.2 Å². The zero-order valence-electron chi connectivity index (χ0n) is 17.4. The van der Waals surface area contributed by atoms with E-state index in [4.69, 9.17) is 13.7 Å². The Kier molecular flexibility index (Phi) is 5.80. The summed E-state index contributed by atoms with van der Waals surface area (Å²) in [6.45, 7) is -2.45. The fourth-order valence-electron chi connectivity index (χ4n) is 3.91. The molecule has 0 radical (unpaired) electrons. The van der Waals surface area contributed by atoms with Gasteiger partial charge in [-0.2, -0.15) is 0 Å². The third kappa shape index (κ3) is 4.33.